The van der Waals surface area contributed by atoms with Crippen LogP contribution in [0.15, 0.2) is 35.9 Å². The zero-order chi connectivity index (χ0) is 12.2. The Morgan fingerprint density at radius 1 is 1.25 bits per heavy atom. The Labute approximate surface area is 95.7 Å². The average molecular weight is 238 g/mol. The molecule has 3 nitrogen and oxygen atoms in total. The molecule has 16 heavy (non-hydrogen) atoms. The van der Waals surface area contributed by atoms with Crippen molar-refractivity contribution in [2.75, 3.05) is 12.0 Å². The first-order chi connectivity index (χ1) is 7.38. The molecule has 4 heteroatoms. The fraction of sp³-hybridized carbons (Fsp3) is 0.250. The molecule has 1 rings (SSSR count). The maximum absolute atomic E-state index is 11.3. The quantitative estimate of drug-likeness (QED) is 0.750. The van der Waals surface area contributed by atoms with Gasteiger partial charge in [0.05, 0.1) is 5.75 Å². The molecule has 0 aliphatic heterocycles. The third kappa shape index (κ3) is 4.40. The Hall–Kier alpha value is -1.42. The van der Waals surface area contributed by atoms with Crippen LogP contribution in [0.2, 0.25) is 0 Å². The third-order valence-electron chi connectivity index (χ3n) is 2.01. The fourth-order valence-electron chi connectivity index (χ4n) is 1.28. The van der Waals surface area contributed by atoms with Crippen molar-refractivity contribution < 1.29 is 13.2 Å². The van der Waals surface area contributed by atoms with Gasteiger partial charge in [-0.25, -0.2) is 8.42 Å². The predicted octanol–water partition coefficient (Wildman–Crippen LogP) is 1.70. The largest absolute Gasteiger partial charge is 0.295 e. The lowest BCUT2D eigenvalue weighted by atomic mass is 10.1. The molecule has 0 heterocycles. The van der Waals surface area contributed by atoms with Crippen LogP contribution in [0.4, 0.5) is 0 Å². The summed E-state index contributed by atoms with van der Waals surface area (Å²) in [6.45, 7) is 1.37. The number of carbonyl (C=O) groups excluding carboxylic acids is 1. The van der Waals surface area contributed by atoms with Gasteiger partial charge in [0, 0.05) is 11.8 Å². The van der Waals surface area contributed by atoms with Crippen LogP contribution in [-0.4, -0.2) is 26.2 Å². The summed E-state index contributed by atoms with van der Waals surface area (Å²) >= 11 is 0. The molecular formula is C12H14O3S. The minimum atomic E-state index is -3.18. The SMILES string of the molecule is CC(=O)/C(=C/c1ccccc1)CS(C)(=O)=O. The summed E-state index contributed by atoms with van der Waals surface area (Å²) < 4.78 is 22.3. The van der Waals surface area contributed by atoms with E-state index in [1.165, 1.54) is 6.92 Å². The van der Waals surface area contributed by atoms with Crippen molar-refractivity contribution in [1.29, 1.82) is 0 Å². The maximum Gasteiger partial charge on any atom is 0.156 e. The molecule has 0 radical (unpaired) electrons. The molecule has 0 saturated heterocycles. The van der Waals surface area contributed by atoms with Gasteiger partial charge in [0.15, 0.2) is 15.6 Å². The highest BCUT2D eigenvalue weighted by Crippen LogP contribution is 2.09. The lowest BCUT2D eigenvalue weighted by Crippen LogP contribution is -2.11. The molecule has 0 spiro atoms. The monoisotopic (exact) mass is 238 g/mol. The summed E-state index contributed by atoms with van der Waals surface area (Å²) in [6, 6.07) is 9.19. The van der Waals surface area contributed by atoms with Crippen LogP contribution < -0.4 is 0 Å². The lowest BCUT2D eigenvalue weighted by Gasteiger charge is -2.02. The predicted molar refractivity (Wildman–Crippen MR) is 64.8 cm³/mol. The fourth-order valence-corrected chi connectivity index (χ4v) is 2.13. The molecule has 1 aromatic rings. The topological polar surface area (TPSA) is 51.2 Å². The minimum absolute atomic E-state index is 0.211. The van der Waals surface area contributed by atoms with E-state index in [-0.39, 0.29) is 11.5 Å². The summed E-state index contributed by atoms with van der Waals surface area (Å²) in [7, 11) is -3.18. The summed E-state index contributed by atoms with van der Waals surface area (Å²) in [4.78, 5) is 11.3. The van der Waals surface area contributed by atoms with Gasteiger partial charge < -0.3 is 0 Å². The van der Waals surface area contributed by atoms with Crippen LogP contribution in [-0.2, 0) is 14.6 Å². The summed E-state index contributed by atoms with van der Waals surface area (Å²) in [5, 5.41) is 0. The Morgan fingerprint density at radius 2 is 1.81 bits per heavy atom. The molecule has 0 unspecified atom stereocenters. The average Bonchev–Trinajstić information content (AvgIpc) is 2.16. The highest BCUT2D eigenvalue weighted by atomic mass is 32.2. The molecule has 0 fully saturated rings. The molecule has 86 valence electrons. The van der Waals surface area contributed by atoms with Crippen molar-refractivity contribution >= 4 is 21.7 Å². The molecule has 0 N–H and O–H groups in total. The van der Waals surface area contributed by atoms with Crippen molar-refractivity contribution in [2.45, 2.75) is 6.92 Å². The first-order valence-corrected chi connectivity index (χ1v) is 6.89. The number of carbonyl (C=O) groups is 1. The van der Waals surface area contributed by atoms with E-state index in [4.69, 9.17) is 0 Å². The lowest BCUT2D eigenvalue weighted by molar-refractivity contribution is -0.113. The van der Waals surface area contributed by atoms with Crippen LogP contribution in [0, 0.1) is 0 Å². The Kier molecular flexibility index (Phi) is 4.01. The molecule has 0 amide bonds. The Morgan fingerprint density at radius 3 is 2.25 bits per heavy atom. The van der Waals surface area contributed by atoms with Crippen LogP contribution in [0.1, 0.15) is 12.5 Å². The maximum atomic E-state index is 11.3. The highest BCUT2D eigenvalue weighted by molar-refractivity contribution is 7.90. The van der Waals surface area contributed by atoms with Crippen LogP contribution >= 0.6 is 0 Å². The van der Waals surface area contributed by atoms with Gasteiger partial charge in [0.1, 0.15) is 0 Å². The number of hydrogen-bond donors (Lipinski definition) is 0. The number of benzene rings is 1. The number of ketones is 1. The molecule has 0 aromatic heterocycles. The minimum Gasteiger partial charge on any atom is -0.295 e. The van der Waals surface area contributed by atoms with Crippen molar-refractivity contribution in [3.8, 4) is 0 Å². The zero-order valence-corrected chi connectivity index (χ0v) is 10.1. The summed E-state index contributed by atoms with van der Waals surface area (Å²) in [5.41, 5.74) is 1.14. The van der Waals surface area contributed by atoms with E-state index in [1.54, 1.807) is 6.08 Å². The molecular weight excluding hydrogens is 224 g/mol. The molecule has 0 atom stereocenters. The molecule has 0 saturated carbocycles. The number of Topliss-reactive ketones (excluding diaryl/α,β-unsaturated/α-hetero) is 1. The smallest absolute Gasteiger partial charge is 0.156 e. The second-order valence-electron chi connectivity index (χ2n) is 3.71. The number of sulfone groups is 1. The van der Waals surface area contributed by atoms with Gasteiger partial charge in [-0.3, -0.25) is 4.79 Å². The van der Waals surface area contributed by atoms with Crippen LogP contribution in [0.5, 0.6) is 0 Å². The molecule has 0 bridgehead atoms. The number of rotatable bonds is 4. The van der Waals surface area contributed by atoms with Crippen LogP contribution in [0.3, 0.4) is 0 Å². The Balaban J connectivity index is 3.04. The number of hydrogen-bond acceptors (Lipinski definition) is 3. The molecule has 0 aliphatic carbocycles. The van der Waals surface area contributed by atoms with E-state index in [0.717, 1.165) is 11.8 Å². The summed E-state index contributed by atoms with van der Waals surface area (Å²) in [6.07, 6.45) is 2.73. The Bertz CT molecular complexity index is 498. The second kappa shape index (κ2) is 5.07. The zero-order valence-electron chi connectivity index (χ0n) is 9.30. The van der Waals surface area contributed by atoms with Crippen molar-refractivity contribution in [3.63, 3.8) is 0 Å². The first kappa shape index (κ1) is 12.6. The van der Waals surface area contributed by atoms with Gasteiger partial charge in [-0.2, -0.15) is 0 Å². The van der Waals surface area contributed by atoms with Gasteiger partial charge in [-0.15, -0.1) is 0 Å². The standard InChI is InChI=1S/C12H14O3S/c1-10(13)12(9-16(2,14)15)8-11-6-4-3-5-7-11/h3-8H,9H2,1-2H3/b12-8+. The van der Waals surface area contributed by atoms with E-state index in [9.17, 15) is 13.2 Å². The van der Waals surface area contributed by atoms with E-state index >= 15 is 0 Å². The van der Waals surface area contributed by atoms with Crippen molar-refractivity contribution in [3.05, 3.63) is 41.5 Å². The van der Waals surface area contributed by atoms with Gasteiger partial charge in [-0.05, 0) is 18.6 Å². The van der Waals surface area contributed by atoms with Gasteiger partial charge in [-0.1, -0.05) is 30.3 Å². The second-order valence-corrected chi connectivity index (χ2v) is 5.85. The molecule has 0 aliphatic rings. The van der Waals surface area contributed by atoms with Gasteiger partial charge >= 0.3 is 0 Å². The third-order valence-corrected chi connectivity index (χ3v) is 2.85. The van der Waals surface area contributed by atoms with Crippen molar-refractivity contribution in [1.82, 2.24) is 0 Å². The summed E-state index contributed by atoms with van der Waals surface area (Å²) in [5.74, 6) is -0.425. The van der Waals surface area contributed by atoms with Crippen molar-refractivity contribution in [2.24, 2.45) is 0 Å². The highest BCUT2D eigenvalue weighted by Gasteiger charge is 2.11. The molecule has 1 aromatic carbocycles. The van der Waals surface area contributed by atoms with Gasteiger partial charge in [0.25, 0.3) is 0 Å². The van der Waals surface area contributed by atoms with E-state index < -0.39 is 9.84 Å². The van der Waals surface area contributed by atoms with E-state index in [1.807, 2.05) is 30.3 Å². The van der Waals surface area contributed by atoms with Crippen LogP contribution in [0.25, 0.3) is 6.08 Å². The van der Waals surface area contributed by atoms with E-state index in [0.29, 0.717) is 5.57 Å². The first-order valence-electron chi connectivity index (χ1n) is 4.83. The van der Waals surface area contributed by atoms with Gasteiger partial charge in [0.2, 0.25) is 0 Å². The van der Waals surface area contributed by atoms with E-state index in [2.05, 4.69) is 0 Å². The normalized spacial score (nSPS) is 12.5.